The second kappa shape index (κ2) is 5.02. The maximum Gasteiger partial charge on any atom is 0.240 e. The van der Waals surface area contributed by atoms with Crippen LogP contribution in [0.4, 0.5) is 11.8 Å². The lowest BCUT2D eigenvalue weighted by atomic mass is 10.1. The highest BCUT2D eigenvalue weighted by Gasteiger charge is 2.19. The topological polar surface area (TPSA) is 116 Å². The number of thiophene rings is 1. The fourth-order valence-electron chi connectivity index (χ4n) is 1.38. The second-order valence-corrected chi connectivity index (χ2v) is 5.08. The van der Waals surface area contributed by atoms with Gasteiger partial charge in [0.15, 0.2) is 0 Å². The minimum absolute atomic E-state index is 0.176. The van der Waals surface area contributed by atoms with Crippen LogP contribution >= 0.6 is 11.3 Å². The monoisotopic (exact) mass is 269 g/mol. The van der Waals surface area contributed by atoms with Crippen LogP contribution in [0.3, 0.4) is 0 Å². The third kappa shape index (κ3) is 2.67. The molecule has 0 radical (unpaired) electrons. The van der Waals surface area contributed by atoms with Crippen molar-refractivity contribution in [3.63, 3.8) is 0 Å². The van der Waals surface area contributed by atoms with E-state index in [0.717, 1.165) is 10.2 Å². The molecule has 1 unspecified atom stereocenters. The molecule has 0 amide bonds. The van der Waals surface area contributed by atoms with Crippen LogP contribution < -0.4 is 16.6 Å². The molecule has 0 spiro atoms. The van der Waals surface area contributed by atoms with E-state index in [0.29, 0.717) is 11.8 Å². The average molecular weight is 269 g/mol. The van der Waals surface area contributed by atoms with Crippen molar-refractivity contribution in [1.29, 1.82) is 0 Å². The van der Waals surface area contributed by atoms with Crippen molar-refractivity contribution >= 4 is 33.3 Å². The smallest absolute Gasteiger partial charge is 0.240 e. The predicted octanol–water partition coefficient (Wildman–Crippen LogP) is 0.132. The highest BCUT2D eigenvalue weighted by molar-refractivity contribution is 7.16. The number of nitrogens with one attached hydrogen (secondary N) is 2. The predicted molar refractivity (Wildman–Crippen MR) is 71.4 cm³/mol. The van der Waals surface area contributed by atoms with Gasteiger partial charge in [-0.15, -0.1) is 11.3 Å². The lowest BCUT2D eigenvalue weighted by Gasteiger charge is -2.21. The van der Waals surface area contributed by atoms with Gasteiger partial charge in [0, 0.05) is 6.54 Å². The molecule has 0 aliphatic carbocycles. The van der Waals surface area contributed by atoms with Crippen molar-refractivity contribution in [2.24, 2.45) is 5.84 Å². The van der Waals surface area contributed by atoms with Gasteiger partial charge in [-0.2, -0.15) is 4.98 Å². The van der Waals surface area contributed by atoms with E-state index in [1.807, 2.05) is 11.4 Å². The van der Waals surface area contributed by atoms with Gasteiger partial charge in [-0.25, -0.2) is 10.8 Å². The van der Waals surface area contributed by atoms with Crippen LogP contribution in [0.25, 0.3) is 10.2 Å². The van der Waals surface area contributed by atoms with Crippen LogP contribution in [0.2, 0.25) is 0 Å². The van der Waals surface area contributed by atoms with E-state index in [1.54, 1.807) is 0 Å². The zero-order chi connectivity index (χ0) is 13.2. The molecule has 0 aromatic carbocycles. The summed E-state index contributed by atoms with van der Waals surface area (Å²) in [4.78, 5) is 9.18. The fourth-order valence-corrected chi connectivity index (χ4v) is 2.15. The highest BCUT2D eigenvalue weighted by atomic mass is 32.1. The molecule has 2 aromatic rings. The first kappa shape index (κ1) is 13.0. The quantitative estimate of drug-likeness (QED) is 0.387. The number of aliphatic hydroxyl groups excluding tert-OH is 1. The van der Waals surface area contributed by atoms with Gasteiger partial charge in [-0.3, -0.25) is 5.43 Å². The molecule has 0 saturated heterocycles. The molecule has 6 N–H and O–H groups in total. The Balaban J connectivity index is 2.28. The Labute approximate surface area is 108 Å². The summed E-state index contributed by atoms with van der Waals surface area (Å²) in [5.41, 5.74) is 1.19. The minimum atomic E-state index is -1.20. The Kier molecular flexibility index (Phi) is 3.62. The Morgan fingerprint density at radius 2 is 2.28 bits per heavy atom. The van der Waals surface area contributed by atoms with Gasteiger partial charge in [0.1, 0.15) is 16.2 Å². The van der Waals surface area contributed by atoms with Gasteiger partial charge < -0.3 is 15.5 Å². The summed E-state index contributed by atoms with van der Waals surface area (Å²) in [6.07, 6.45) is 0. The molecule has 8 heteroatoms. The summed E-state index contributed by atoms with van der Waals surface area (Å²) < 4.78 is 0. The summed E-state index contributed by atoms with van der Waals surface area (Å²) in [6.45, 7) is 1.38. The summed E-state index contributed by atoms with van der Waals surface area (Å²) >= 11 is 1.47. The van der Waals surface area contributed by atoms with Gasteiger partial charge in [0.2, 0.25) is 5.95 Å². The summed E-state index contributed by atoms with van der Waals surface area (Å²) in [7, 11) is 0. The van der Waals surface area contributed by atoms with Gasteiger partial charge in [0.25, 0.3) is 0 Å². The number of aromatic nitrogens is 2. The van der Waals surface area contributed by atoms with Crippen molar-refractivity contribution in [1.82, 2.24) is 9.97 Å². The number of hydrogen-bond donors (Lipinski definition) is 5. The third-order valence-corrected chi connectivity index (χ3v) is 3.24. The maximum atomic E-state index is 9.74. The van der Waals surface area contributed by atoms with Crippen molar-refractivity contribution in [2.45, 2.75) is 12.5 Å². The molecule has 1 atom stereocenters. The third-order valence-electron chi connectivity index (χ3n) is 2.43. The highest BCUT2D eigenvalue weighted by Crippen LogP contribution is 2.26. The molecule has 0 saturated carbocycles. The molecule has 0 aliphatic heterocycles. The zero-order valence-corrected chi connectivity index (χ0v) is 10.7. The van der Waals surface area contributed by atoms with Gasteiger partial charge >= 0.3 is 0 Å². The molecule has 18 heavy (non-hydrogen) atoms. The summed E-state index contributed by atoms with van der Waals surface area (Å²) in [5.74, 6) is 6.17. The van der Waals surface area contributed by atoms with Crippen molar-refractivity contribution in [3.05, 3.63) is 11.4 Å². The van der Waals surface area contributed by atoms with E-state index in [4.69, 9.17) is 10.9 Å². The van der Waals surface area contributed by atoms with Crippen molar-refractivity contribution < 1.29 is 10.2 Å². The van der Waals surface area contributed by atoms with Crippen LogP contribution in [0, 0.1) is 0 Å². The van der Waals surface area contributed by atoms with Crippen LogP contribution in [0.5, 0.6) is 0 Å². The minimum Gasteiger partial charge on any atom is -0.393 e. The number of hydrazine groups is 1. The molecule has 2 aromatic heterocycles. The largest absolute Gasteiger partial charge is 0.393 e. The van der Waals surface area contributed by atoms with E-state index in [-0.39, 0.29) is 13.2 Å². The molecule has 7 nitrogen and oxygen atoms in total. The fraction of sp³-hybridized carbons (Fsp3) is 0.400. The van der Waals surface area contributed by atoms with Crippen LogP contribution in [0.1, 0.15) is 6.92 Å². The molecule has 98 valence electrons. The standard InChI is InChI=1S/C10H15N5O2S/c1-10(17,5-16)4-12-7-6-2-3-18-8(6)14-9(13-7)15-11/h2-3,16-17H,4-5,11H2,1H3,(H2,12,13,14,15). The second-order valence-electron chi connectivity index (χ2n) is 4.19. The molecule has 0 fully saturated rings. The van der Waals surface area contributed by atoms with Crippen LogP contribution in [0.15, 0.2) is 11.4 Å². The van der Waals surface area contributed by atoms with Crippen molar-refractivity contribution in [2.75, 3.05) is 23.9 Å². The molecular weight excluding hydrogens is 254 g/mol. The number of nitrogen functional groups attached to an aromatic ring is 1. The van der Waals surface area contributed by atoms with Crippen molar-refractivity contribution in [3.8, 4) is 0 Å². The number of nitrogens with zero attached hydrogens (tertiary/aromatic N) is 2. The van der Waals surface area contributed by atoms with Crippen LogP contribution in [-0.2, 0) is 0 Å². The number of anilines is 2. The Morgan fingerprint density at radius 1 is 1.50 bits per heavy atom. The van der Waals surface area contributed by atoms with Gasteiger partial charge in [-0.1, -0.05) is 0 Å². The summed E-state index contributed by atoms with van der Waals surface area (Å²) in [6, 6.07) is 1.89. The maximum absolute atomic E-state index is 9.74. The molecule has 0 aliphatic rings. The number of aliphatic hydroxyl groups is 2. The number of rotatable bonds is 5. The molecule has 0 bridgehead atoms. The van der Waals surface area contributed by atoms with Gasteiger partial charge in [0.05, 0.1) is 12.0 Å². The summed E-state index contributed by atoms with van der Waals surface area (Å²) in [5, 5.41) is 24.5. The Morgan fingerprint density at radius 3 is 2.94 bits per heavy atom. The number of nitrogens with two attached hydrogens (primary N) is 1. The molecular formula is C10H15N5O2S. The zero-order valence-electron chi connectivity index (χ0n) is 9.84. The lowest BCUT2D eigenvalue weighted by Crippen LogP contribution is -2.37. The van der Waals surface area contributed by atoms with E-state index >= 15 is 0 Å². The van der Waals surface area contributed by atoms with Gasteiger partial charge in [-0.05, 0) is 18.4 Å². The van der Waals surface area contributed by atoms with E-state index in [9.17, 15) is 5.11 Å². The van der Waals surface area contributed by atoms with E-state index in [2.05, 4.69) is 20.7 Å². The van der Waals surface area contributed by atoms with E-state index < -0.39 is 5.60 Å². The number of hydrogen-bond acceptors (Lipinski definition) is 8. The van der Waals surface area contributed by atoms with E-state index in [1.165, 1.54) is 18.3 Å². The lowest BCUT2D eigenvalue weighted by molar-refractivity contribution is 0.0132. The Bertz CT molecular complexity index is 542. The molecule has 2 rings (SSSR count). The molecule has 2 heterocycles. The average Bonchev–Trinajstić information content (AvgIpc) is 2.84. The number of fused-ring (bicyclic) bond motifs is 1. The van der Waals surface area contributed by atoms with Crippen LogP contribution in [-0.4, -0.2) is 38.9 Å². The SMILES string of the molecule is CC(O)(CO)CNc1nc(NN)nc2sccc12. The first-order chi connectivity index (χ1) is 8.55. The first-order valence-electron chi connectivity index (χ1n) is 5.35. The Hall–Kier alpha value is -1.48. The normalized spacial score (nSPS) is 14.4. The first-order valence-corrected chi connectivity index (χ1v) is 6.23.